The molecule has 1 aromatic carbocycles. The summed E-state index contributed by atoms with van der Waals surface area (Å²) < 4.78 is 8.95. The first-order chi connectivity index (χ1) is 15.7. The number of hydrogen-bond acceptors (Lipinski definition) is 10. The highest BCUT2D eigenvalue weighted by Gasteiger charge is 2.44. The lowest BCUT2D eigenvalue weighted by Gasteiger charge is -2.16. The predicted molar refractivity (Wildman–Crippen MR) is 113 cm³/mol. The predicted octanol–water partition coefficient (Wildman–Crippen LogP) is 0.0695. The molecule has 5 rings (SSSR count). The monoisotopic (exact) mass is 436 g/mol. The topological polar surface area (TPSA) is 156 Å². The number of aliphatic hydroxyl groups is 3. The number of imidazole rings is 2. The SMILES string of the molecule is OCC1OC(n2cnc3c(N/N=C/c4ccc(-n5ccnc5)cc4)ncnc32)C(O)C1O. The Balaban J connectivity index is 1.33. The second-order valence-corrected chi connectivity index (χ2v) is 7.21. The van der Waals surface area contributed by atoms with Crippen LogP contribution in [0.25, 0.3) is 16.9 Å². The smallest absolute Gasteiger partial charge is 0.177 e. The standard InChI is InChI=1S/C20H20N8O4/c29-8-14-16(30)17(31)20(32-14)28-11-24-15-18(22-9-23-19(15)28)26-25-7-12-1-3-13(4-2-12)27-6-5-21-10-27/h1-7,9-11,14,16-17,20,29-31H,8H2,(H,22,23,26)/b25-7+. The van der Waals surface area contributed by atoms with Gasteiger partial charge in [0.1, 0.15) is 24.6 Å². The van der Waals surface area contributed by atoms with Crippen molar-refractivity contribution >= 4 is 23.2 Å². The van der Waals surface area contributed by atoms with E-state index in [0.29, 0.717) is 17.0 Å². The Hall–Kier alpha value is -3.71. The highest BCUT2D eigenvalue weighted by atomic mass is 16.6. The van der Waals surface area contributed by atoms with Gasteiger partial charge in [0.15, 0.2) is 23.2 Å². The van der Waals surface area contributed by atoms with E-state index in [4.69, 9.17) is 4.74 Å². The zero-order valence-corrected chi connectivity index (χ0v) is 16.7. The van der Waals surface area contributed by atoms with Gasteiger partial charge in [-0.3, -0.25) is 9.99 Å². The van der Waals surface area contributed by atoms with Gasteiger partial charge >= 0.3 is 0 Å². The van der Waals surface area contributed by atoms with E-state index >= 15 is 0 Å². The summed E-state index contributed by atoms with van der Waals surface area (Å²) in [6.45, 7) is -0.416. The van der Waals surface area contributed by atoms with Gasteiger partial charge in [0.05, 0.1) is 25.5 Å². The van der Waals surface area contributed by atoms with Crippen molar-refractivity contribution in [1.29, 1.82) is 0 Å². The summed E-state index contributed by atoms with van der Waals surface area (Å²) in [6.07, 6.45) is 5.44. The molecular weight excluding hydrogens is 416 g/mol. The molecule has 1 aliphatic heterocycles. The number of aromatic nitrogens is 6. The summed E-state index contributed by atoms with van der Waals surface area (Å²) >= 11 is 0. The molecule has 4 unspecified atom stereocenters. The Kier molecular flexibility index (Phi) is 5.33. The van der Waals surface area contributed by atoms with Crippen LogP contribution in [0.2, 0.25) is 0 Å². The molecule has 1 saturated heterocycles. The minimum Gasteiger partial charge on any atom is -0.394 e. The van der Waals surface area contributed by atoms with Crippen molar-refractivity contribution in [2.75, 3.05) is 12.0 Å². The fourth-order valence-corrected chi connectivity index (χ4v) is 3.54. The normalized spacial score (nSPS) is 23.3. The van der Waals surface area contributed by atoms with E-state index in [1.165, 1.54) is 17.2 Å². The van der Waals surface area contributed by atoms with Crippen molar-refractivity contribution in [3.05, 3.63) is 61.2 Å². The summed E-state index contributed by atoms with van der Waals surface area (Å²) in [4.78, 5) is 16.7. The summed E-state index contributed by atoms with van der Waals surface area (Å²) in [5.41, 5.74) is 5.52. The van der Waals surface area contributed by atoms with Crippen LogP contribution < -0.4 is 5.43 Å². The Bertz CT molecular complexity index is 1220. The second kappa shape index (κ2) is 8.43. The van der Waals surface area contributed by atoms with Gasteiger partial charge in [-0.1, -0.05) is 12.1 Å². The quantitative estimate of drug-likeness (QED) is 0.243. The Morgan fingerprint density at radius 3 is 2.66 bits per heavy atom. The van der Waals surface area contributed by atoms with E-state index in [9.17, 15) is 15.3 Å². The first-order valence-corrected chi connectivity index (χ1v) is 9.83. The third-order valence-electron chi connectivity index (χ3n) is 5.23. The van der Waals surface area contributed by atoms with Crippen LogP contribution in [-0.2, 0) is 4.74 Å². The second-order valence-electron chi connectivity index (χ2n) is 7.21. The number of hydrazone groups is 1. The van der Waals surface area contributed by atoms with Crippen molar-refractivity contribution in [2.24, 2.45) is 5.10 Å². The van der Waals surface area contributed by atoms with Gasteiger partial charge in [0, 0.05) is 18.1 Å². The molecule has 0 aliphatic carbocycles. The van der Waals surface area contributed by atoms with Crippen LogP contribution >= 0.6 is 0 Å². The molecule has 0 saturated carbocycles. The van der Waals surface area contributed by atoms with E-state index in [-0.39, 0.29) is 0 Å². The molecule has 3 aromatic heterocycles. The van der Waals surface area contributed by atoms with Crippen molar-refractivity contribution in [3.63, 3.8) is 0 Å². The van der Waals surface area contributed by atoms with E-state index in [2.05, 4.69) is 30.5 Å². The van der Waals surface area contributed by atoms with Crippen LogP contribution in [-0.4, -0.2) is 75.5 Å². The fraction of sp³-hybridized carbons (Fsp3) is 0.250. The summed E-state index contributed by atoms with van der Waals surface area (Å²) in [5, 5.41) is 33.8. The van der Waals surface area contributed by atoms with Crippen molar-refractivity contribution in [3.8, 4) is 5.69 Å². The van der Waals surface area contributed by atoms with Gasteiger partial charge in [-0.15, -0.1) is 0 Å². The van der Waals surface area contributed by atoms with Crippen LogP contribution in [0.5, 0.6) is 0 Å². The average molecular weight is 436 g/mol. The molecule has 32 heavy (non-hydrogen) atoms. The summed E-state index contributed by atoms with van der Waals surface area (Å²) in [7, 11) is 0. The highest BCUT2D eigenvalue weighted by molar-refractivity contribution is 5.84. The van der Waals surface area contributed by atoms with E-state index in [1.807, 2.05) is 35.0 Å². The van der Waals surface area contributed by atoms with Crippen molar-refractivity contribution in [2.45, 2.75) is 24.5 Å². The minimum atomic E-state index is -1.24. The number of anilines is 1. The lowest BCUT2D eigenvalue weighted by atomic mass is 10.1. The Labute approximate surface area is 181 Å². The maximum atomic E-state index is 10.3. The molecule has 0 radical (unpaired) electrons. The molecule has 12 heteroatoms. The van der Waals surface area contributed by atoms with Crippen molar-refractivity contribution in [1.82, 2.24) is 29.1 Å². The Morgan fingerprint density at radius 1 is 1.09 bits per heavy atom. The number of ether oxygens (including phenoxy) is 1. The third kappa shape index (κ3) is 3.61. The van der Waals surface area contributed by atoms with Gasteiger partial charge in [-0.05, 0) is 17.7 Å². The number of nitrogens with zero attached hydrogens (tertiary/aromatic N) is 7. The number of hydrogen-bond donors (Lipinski definition) is 4. The third-order valence-corrected chi connectivity index (χ3v) is 5.23. The van der Waals surface area contributed by atoms with Crippen LogP contribution in [0.15, 0.2) is 60.7 Å². The largest absolute Gasteiger partial charge is 0.394 e. The zero-order chi connectivity index (χ0) is 22.1. The molecule has 1 aliphatic rings. The average Bonchev–Trinajstić information content (AvgIpc) is 3.55. The molecule has 12 nitrogen and oxygen atoms in total. The van der Waals surface area contributed by atoms with Crippen LogP contribution in [0.3, 0.4) is 0 Å². The number of benzene rings is 1. The first-order valence-electron chi connectivity index (χ1n) is 9.83. The number of rotatable bonds is 6. The Morgan fingerprint density at radius 2 is 1.94 bits per heavy atom. The molecule has 164 valence electrons. The zero-order valence-electron chi connectivity index (χ0n) is 16.7. The first kappa shape index (κ1) is 20.2. The van der Waals surface area contributed by atoms with Gasteiger partial charge < -0.3 is 24.6 Å². The maximum absolute atomic E-state index is 10.3. The molecule has 0 bridgehead atoms. The molecule has 4 atom stereocenters. The molecule has 4 N–H and O–H groups in total. The number of nitrogens with one attached hydrogen (secondary N) is 1. The maximum Gasteiger partial charge on any atom is 0.177 e. The molecule has 4 aromatic rings. The van der Waals surface area contributed by atoms with Crippen molar-refractivity contribution < 1.29 is 20.1 Å². The van der Waals surface area contributed by atoms with Crippen LogP contribution in [0, 0.1) is 0 Å². The van der Waals surface area contributed by atoms with Gasteiger partial charge in [0.2, 0.25) is 0 Å². The minimum absolute atomic E-state index is 0.367. The highest BCUT2D eigenvalue weighted by Crippen LogP contribution is 2.32. The summed E-state index contributed by atoms with van der Waals surface area (Å²) in [6, 6.07) is 7.75. The lowest BCUT2D eigenvalue weighted by molar-refractivity contribution is -0.0511. The van der Waals surface area contributed by atoms with E-state index < -0.39 is 31.1 Å². The molecule has 0 amide bonds. The van der Waals surface area contributed by atoms with Gasteiger partial charge in [-0.25, -0.2) is 19.9 Å². The lowest BCUT2D eigenvalue weighted by Crippen LogP contribution is -2.33. The van der Waals surface area contributed by atoms with Crippen LogP contribution in [0.4, 0.5) is 5.82 Å². The van der Waals surface area contributed by atoms with E-state index in [1.54, 1.807) is 18.7 Å². The molecule has 0 spiro atoms. The molecular formula is C20H20N8O4. The van der Waals surface area contributed by atoms with Crippen LogP contribution in [0.1, 0.15) is 11.8 Å². The number of aliphatic hydroxyl groups excluding tert-OH is 3. The van der Waals surface area contributed by atoms with Gasteiger partial charge in [0.25, 0.3) is 0 Å². The van der Waals surface area contributed by atoms with E-state index in [0.717, 1.165) is 11.3 Å². The fourth-order valence-electron chi connectivity index (χ4n) is 3.54. The molecule has 4 heterocycles. The molecule has 1 fully saturated rings. The van der Waals surface area contributed by atoms with Gasteiger partial charge in [-0.2, -0.15) is 5.10 Å². The summed E-state index contributed by atoms with van der Waals surface area (Å²) in [5.74, 6) is 0.367. The number of fused-ring (bicyclic) bond motifs is 1.